The summed E-state index contributed by atoms with van der Waals surface area (Å²) in [6.07, 6.45) is 1.23. The van der Waals surface area contributed by atoms with Gasteiger partial charge in [-0.1, -0.05) is 11.6 Å². The molecule has 8 heteroatoms. The Kier molecular flexibility index (Phi) is 8.17. The van der Waals surface area contributed by atoms with Gasteiger partial charge < -0.3 is 9.47 Å². The number of ketones is 1. The average molecular weight is 443 g/mol. The molecule has 0 atom stereocenters. The van der Waals surface area contributed by atoms with E-state index in [1.165, 1.54) is 6.08 Å². The van der Waals surface area contributed by atoms with Crippen molar-refractivity contribution in [1.82, 2.24) is 0 Å². The minimum atomic E-state index is -0.536. The van der Waals surface area contributed by atoms with Crippen molar-refractivity contribution >= 4 is 40.8 Å². The van der Waals surface area contributed by atoms with Crippen LogP contribution in [-0.4, -0.2) is 25.0 Å². The van der Waals surface area contributed by atoms with E-state index < -0.39 is 11.8 Å². The van der Waals surface area contributed by atoms with Gasteiger partial charge in [-0.15, -0.1) is 11.3 Å². The Morgan fingerprint density at radius 1 is 1.23 bits per heavy atom. The van der Waals surface area contributed by atoms with Crippen molar-refractivity contribution in [2.75, 3.05) is 13.2 Å². The second-order valence-corrected chi connectivity index (χ2v) is 7.61. The highest BCUT2D eigenvalue weighted by molar-refractivity contribution is 7.14. The smallest absolute Gasteiger partial charge is 0.348 e. The molecule has 0 N–H and O–H groups in total. The Labute approximate surface area is 183 Å². The highest BCUT2D eigenvalue weighted by Crippen LogP contribution is 2.30. The molecule has 2 rings (SSSR count). The zero-order valence-corrected chi connectivity index (χ0v) is 18.3. The first-order valence-electron chi connectivity index (χ1n) is 9.12. The van der Waals surface area contributed by atoms with Crippen LogP contribution in [-0.2, 0) is 16.0 Å². The molecular weight excluding hydrogens is 424 g/mol. The van der Waals surface area contributed by atoms with Crippen LogP contribution in [0.4, 0.5) is 0 Å². The molecule has 0 spiro atoms. The molecule has 1 aromatic heterocycles. The number of carbonyl (C=O) groups is 2. The third-order valence-corrected chi connectivity index (χ3v) is 5.61. The van der Waals surface area contributed by atoms with Crippen molar-refractivity contribution in [1.29, 1.82) is 10.5 Å². The van der Waals surface area contributed by atoms with Gasteiger partial charge in [0.1, 0.15) is 22.8 Å². The molecule has 2 aromatic rings. The number of ether oxygens (including phenoxy) is 2. The summed E-state index contributed by atoms with van der Waals surface area (Å²) in [6.45, 7) is 5.76. The fraction of sp³-hybridized carbons (Fsp3) is 0.273. The maximum absolute atomic E-state index is 12.8. The molecule has 0 amide bonds. The molecule has 30 heavy (non-hydrogen) atoms. The number of allylic oxidation sites excluding steroid dienone is 1. The van der Waals surface area contributed by atoms with Gasteiger partial charge in [0, 0.05) is 21.9 Å². The summed E-state index contributed by atoms with van der Waals surface area (Å²) in [5.74, 6) is -0.517. The predicted molar refractivity (Wildman–Crippen MR) is 115 cm³/mol. The van der Waals surface area contributed by atoms with Gasteiger partial charge in [-0.25, -0.2) is 4.79 Å². The van der Waals surface area contributed by atoms with E-state index >= 15 is 0 Å². The molecule has 0 aliphatic heterocycles. The van der Waals surface area contributed by atoms with Crippen molar-refractivity contribution in [3.63, 3.8) is 0 Å². The molecule has 0 aliphatic carbocycles. The van der Waals surface area contributed by atoms with Crippen molar-refractivity contribution in [3.05, 3.63) is 55.2 Å². The molecule has 0 saturated heterocycles. The van der Waals surface area contributed by atoms with Gasteiger partial charge in [0.05, 0.1) is 24.4 Å². The highest BCUT2D eigenvalue weighted by Gasteiger charge is 2.23. The standard InChI is InChI=1S/C22H19ClN2O4S/c1-4-28-19-7-6-16(23)9-14(19)8-15(11-24)18(26)10-20-17(12-25)13(3)21(30-20)22(27)29-5-2/h6-9H,4-5,10H2,1-3H3/b15-8+. The Morgan fingerprint density at radius 3 is 2.57 bits per heavy atom. The van der Waals surface area contributed by atoms with Crippen molar-refractivity contribution in [2.45, 2.75) is 27.2 Å². The molecule has 0 aliphatic rings. The maximum Gasteiger partial charge on any atom is 0.348 e. The van der Waals surface area contributed by atoms with Gasteiger partial charge in [-0.05, 0) is 50.6 Å². The van der Waals surface area contributed by atoms with Crippen LogP contribution in [0.3, 0.4) is 0 Å². The molecule has 0 fully saturated rings. The van der Waals surface area contributed by atoms with Gasteiger partial charge in [-0.2, -0.15) is 10.5 Å². The number of thiophene rings is 1. The van der Waals surface area contributed by atoms with Gasteiger partial charge >= 0.3 is 5.97 Å². The molecule has 0 radical (unpaired) electrons. The number of hydrogen-bond acceptors (Lipinski definition) is 7. The maximum atomic E-state index is 12.8. The van der Waals surface area contributed by atoms with E-state index in [0.717, 1.165) is 11.3 Å². The van der Waals surface area contributed by atoms with E-state index in [0.29, 0.717) is 33.4 Å². The van der Waals surface area contributed by atoms with E-state index in [1.54, 1.807) is 32.0 Å². The van der Waals surface area contributed by atoms with Crippen molar-refractivity contribution in [2.24, 2.45) is 0 Å². The lowest BCUT2D eigenvalue weighted by atomic mass is 10.0. The van der Waals surface area contributed by atoms with Gasteiger partial charge in [-0.3, -0.25) is 4.79 Å². The number of halogens is 1. The number of rotatable bonds is 8. The minimum absolute atomic E-state index is 0.106. The first-order chi connectivity index (χ1) is 14.4. The zero-order chi connectivity index (χ0) is 22.3. The topological polar surface area (TPSA) is 100 Å². The summed E-state index contributed by atoms with van der Waals surface area (Å²) in [5.41, 5.74) is 1.13. The molecule has 154 valence electrons. The lowest BCUT2D eigenvalue weighted by Crippen LogP contribution is -2.05. The van der Waals surface area contributed by atoms with E-state index in [4.69, 9.17) is 21.1 Å². The third-order valence-electron chi connectivity index (χ3n) is 4.11. The number of esters is 1. The number of nitriles is 2. The molecule has 1 aromatic carbocycles. The zero-order valence-electron chi connectivity index (χ0n) is 16.7. The molecule has 1 heterocycles. The van der Waals surface area contributed by atoms with Gasteiger partial charge in [0.15, 0.2) is 5.78 Å². The summed E-state index contributed by atoms with van der Waals surface area (Å²) in [7, 11) is 0. The highest BCUT2D eigenvalue weighted by atomic mass is 35.5. The van der Waals surface area contributed by atoms with E-state index in [9.17, 15) is 20.1 Å². The summed E-state index contributed by atoms with van der Waals surface area (Å²) in [6, 6.07) is 8.87. The Hall–Kier alpha value is -3.13. The number of carbonyl (C=O) groups excluding carboxylic acids is 2. The Bertz CT molecular complexity index is 1090. The second kappa shape index (κ2) is 10.6. The lowest BCUT2D eigenvalue weighted by molar-refractivity contribution is -0.114. The number of hydrogen-bond donors (Lipinski definition) is 0. The van der Waals surface area contributed by atoms with Crippen LogP contribution in [0.2, 0.25) is 5.02 Å². The predicted octanol–water partition coefficient (Wildman–Crippen LogP) is 4.88. The van der Waals surface area contributed by atoms with Crippen molar-refractivity contribution in [3.8, 4) is 17.9 Å². The van der Waals surface area contributed by atoms with Crippen LogP contribution in [0.15, 0.2) is 23.8 Å². The summed E-state index contributed by atoms with van der Waals surface area (Å²) in [4.78, 5) is 25.6. The summed E-state index contributed by atoms with van der Waals surface area (Å²) >= 11 is 7.07. The van der Waals surface area contributed by atoms with Crippen LogP contribution in [0.25, 0.3) is 6.08 Å². The van der Waals surface area contributed by atoms with E-state index in [2.05, 4.69) is 0 Å². The minimum Gasteiger partial charge on any atom is -0.493 e. The number of Topliss-reactive ketones (excluding diaryl/α,β-unsaturated/α-hetero) is 1. The first kappa shape index (κ1) is 23.2. The fourth-order valence-corrected chi connectivity index (χ4v) is 4.05. The quantitative estimate of drug-likeness (QED) is 0.328. The fourth-order valence-electron chi connectivity index (χ4n) is 2.73. The van der Waals surface area contributed by atoms with Crippen LogP contribution < -0.4 is 4.74 Å². The molecule has 6 nitrogen and oxygen atoms in total. The monoisotopic (exact) mass is 442 g/mol. The van der Waals surface area contributed by atoms with Crippen molar-refractivity contribution < 1.29 is 19.1 Å². The largest absolute Gasteiger partial charge is 0.493 e. The van der Waals surface area contributed by atoms with E-state index in [-0.39, 0.29) is 29.0 Å². The summed E-state index contributed by atoms with van der Waals surface area (Å²) in [5, 5.41) is 19.4. The van der Waals surface area contributed by atoms with Gasteiger partial charge in [0.2, 0.25) is 0 Å². The molecule has 0 bridgehead atoms. The Balaban J connectivity index is 2.40. The van der Waals surface area contributed by atoms with Crippen LogP contribution >= 0.6 is 22.9 Å². The summed E-state index contributed by atoms with van der Waals surface area (Å²) < 4.78 is 10.5. The van der Waals surface area contributed by atoms with Gasteiger partial charge in [0.25, 0.3) is 0 Å². The average Bonchev–Trinajstić information content (AvgIpc) is 3.03. The van der Waals surface area contributed by atoms with Crippen LogP contribution in [0.1, 0.15) is 45.1 Å². The van der Waals surface area contributed by atoms with E-state index in [1.807, 2.05) is 19.1 Å². The first-order valence-corrected chi connectivity index (χ1v) is 10.3. The molecule has 0 unspecified atom stereocenters. The third kappa shape index (κ3) is 5.27. The lowest BCUT2D eigenvalue weighted by Gasteiger charge is -2.08. The SMILES string of the molecule is CCOC(=O)c1sc(CC(=O)/C(C#N)=C/c2cc(Cl)ccc2OCC)c(C#N)c1C. The second-order valence-electron chi connectivity index (χ2n) is 6.07. The van der Waals surface area contributed by atoms with Crippen LogP contribution in [0.5, 0.6) is 5.75 Å². The molecular formula is C22H19ClN2O4S. The number of benzene rings is 1. The van der Waals surface area contributed by atoms with Crippen LogP contribution in [0, 0.1) is 29.6 Å². The molecule has 0 saturated carbocycles. The normalized spacial score (nSPS) is 10.8. The number of nitrogens with zero attached hydrogens (tertiary/aromatic N) is 2. The Morgan fingerprint density at radius 2 is 1.97 bits per heavy atom.